The Kier molecular flexibility index (Phi) is 3.03. The van der Waals surface area contributed by atoms with Gasteiger partial charge in [-0.2, -0.15) is 0 Å². The van der Waals surface area contributed by atoms with Crippen LogP contribution in [0, 0.1) is 5.92 Å². The third-order valence-corrected chi connectivity index (χ3v) is 3.35. The molecule has 84 valence electrons. The van der Waals surface area contributed by atoms with Gasteiger partial charge in [0, 0.05) is 25.7 Å². The van der Waals surface area contributed by atoms with Crippen LogP contribution in [-0.4, -0.2) is 25.6 Å². The highest BCUT2D eigenvalue weighted by atomic mass is 16.5. The fourth-order valence-corrected chi connectivity index (χ4v) is 2.69. The van der Waals surface area contributed by atoms with Crippen molar-refractivity contribution >= 4 is 0 Å². The maximum Gasteiger partial charge on any atom is 0.105 e. The van der Waals surface area contributed by atoms with E-state index in [1.807, 2.05) is 0 Å². The van der Waals surface area contributed by atoms with Gasteiger partial charge >= 0.3 is 0 Å². The first-order chi connectivity index (χ1) is 7.24. The smallest absolute Gasteiger partial charge is 0.105 e. The van der Waals surface area contributed by atoms with E-state index in [0.717, 1.165) is 6.61 Å². The van der Waals surface area contributed by atoms with Crippen LogP contribution in [0.4, 0.5) is 0 Å². The molecule has 0 saturated heterocycles. The lowest BCUT2D eigenvalue weighted by Crippen LogP contribution is -2.15. The van der Waals surface area contributed by atoms with E-state index in [0.29, 0.717) is 5.92 Å². The van der Waals surface area contributed by atoms with E-state index >= 15 is 0 Å². The Morgan fingerprint density at radius 3 is 2.87 bits per heavy atom. The van der Waals surface area contributed by atoms with E-state index < -0.39 is 0 Å². The average Bonchev–Trinajstić information content (AvgIpc) is 2.59. The molecule has 2 nitrogen and oxygen atoms in total. The zero-order valence-corrected chi connectivity index (χ0v) is 10.0. The highest BCUT2D eigenvalue weighted by molar-refractivity contribution is 5.39. The Labute approximate surface area is 92.6 Å². The van der Waals surface area contributed by atoms with Crippen molar-refractivity contribution in [3.63, 3.8) is 0 Å². The van der Waals surface area contributed by atoms with E-state index in [2.05, 4.69) is 32.0 Å². The molecule has 0 bridgehead atoms. The highest BCUT2D eigenvalue weighted by Crippen LogP contribution is 2.42. The molecule has 2 heteroatoms. The third kappa shape index (κ3) is 1.90. The Balaban J connectivity index is 2.23. The minimum Gasteiger partial charge on any atom is -0.498 e. The molecule has 0 unspecified atom stereocenters. The van der Waals surface area contributed by atoms with Crippen LogP contribution in [0.25, 0.3) is 0 Å². The van der Waals surface area contributed by atoms with Gasteiger partial charge in [-0.25, -0.2) is 0 Å². The molecule has 0 N–H and O–H groups in total. The van der Waals surface area contributed by atoms with Crippen LogP contribution in [-0.2, 0) is 4.74 Å². The van der Waals surface area contributed by atoms with Gasteiger partial charge in [0.25, 0.3) is 0 Å². The van der Waals surface area contributed by atoms with Crippen molar-refractivity contribution in [2.45, 2.75) is 32.6 Å². The lowest BCUT2D eigenvalue weighted by Gasteiger charge is -2.25. The second-order valence-corrected chi connectivity index (χ2v) is 4.58. The number of likely N-dealkylation sites (N-methyl/N-ethyl adjacent to an activating group) is 1. The second kappa shape index (κ2) is 4.30. The lowest BCUT2D eigenvalue weighted by molar-refractivity contribution is 0.194. The van der Waals surface area contributed by atoms with Crippen molar-refractivity contribution in [1.82, 2.24) is 4.90 Å². The van der Waals surface area contributed by atoms with E-state index in [4.69, 9.17) is 4.74 Å². The van der Waals surface area contributed by atoms with E-state index in [1.165, 1.54) is 37.1 Å². The first kappa shape index (κ1) is 10.6. The van der Waals surface area contributed by atoms with Crippen molar-refractivity contribution < 1.29 is 4.74 Å². The summed E-state index contributed by atoms with van der Waals surface area (Å²) in [5, 5.41) is 0. The Morgan fingerprint density at radius 2 is 2.20 bits per heavy atom. The molecular weight excluding hydrogens is 186 g/mol. The highest BCUT2D eigenvalue weighted by Gasteiger charge is 2.31. The van der Waals surface area contributed by atoms with Crippen LogP contribution >= 0.6 is 0 Å². The SMILES string of the molecule is CCOC1=CC(N(C)C)=C2CCCC[C@@H]12. The van der Waals surface area contributed by atoms with Crippen LogP contribution in [0.2, 0.25) is 0 Å². The molecule has 0 aromatic carbocycles. The third-order valence-electron chi connectivity index (χ3n) is 3.35. The Bertz CT molecular complexity index is 302. The first-order valence-electron chi connectivity index (χ1n) is 5.98. The predicted molar refractivity (Wildman–Crippen MR) is 62.4 cm³/mol. The summed E-state index contributed by atoms with van der Waals surface area (Å²) in [5.41, 5.74) is 3.00. The maximum atomic E-state index is 5.75. The zero-order valence-electron chi connectivity index (χ0n) is 10.0. The van der Waals surface area contributed by atoms with Crippen LogP contribution in [0.3, 0.4) is 0 Å². The van der Waals surface area contributed by atoms with Crippen LogP contribution in [0.1, 0.15) is 32.6 Å². The maximum absolute atomic E-state index is 5.75. The predicted octanol–water partition coefficient (Wildman–Crippen LogP) is 2.93. The molecule has 1 saturated carbocycles. The van der Waals surface area contributed by atoms with E-state index in [1.54, 1.807) is 5.57 Å². The summed E-state index contributed by atoms with van der Waals surface area (Å²) in [5.74, 6) is 1.80. The molecule has 0 heterocycles. The number of nitrogens with zero attached hydrogens (tertiary/aromatic N) is 1. The zero-order chi connectivity index (χ0) is 10.8. The monoisotopic (exact) mass is 207 g/mol. The number of fused-ring (bicyclic) bond motifs is 1. The van der Waals surface area contributed by atoms with Gasteiger partial charge in [0.05, 0.1) is 6.61 Å². The molecule has 0 spiro atoms. The van der Waals surface area contributed by atoms with Gasteiger partial charge in [0.2, 0.25) is 0 Å². The molecule has 2 rings (SSSR count). The van der Waals surface area contributed by atoms with Crippen molar-refractivity contribution in [3.05, 3.63) is 23.1 Å². The van der Waals surface area contributed by atoms with Crippen LogP contribution in [0.15, 0.2) is 23.1 Å². The molecule has 15 heavy (non-hydrogen) atoms. The number of allylic oxidation sites excluding steroid dienone is 2. The molecule has 2 aliphatic rings. The Morgan fingerprint density at radius 1 is 1.40 bits per heavy atom. The largest absolute Gasteiger partial charge is 0.498 e. The van der Waals surface area contributed by atoms with Crippen molar-refractivity contribution in [3.8, 4) is 0 Å². The minimum atomic E-state index is 0.594. The first-order valence-corrected chi connectivity index (χ1v) is 5.98. The summed E-state index contributed by atoms with van der Waals surface area (Å²) in [7, 11) is 4.25. The molecular formula is C13H21NO. The minimum absolute atomic E-state index is 0.594. The number of rotatable bonds is 3. The van der Waals surface area contributed by atoms with Gasteiger partial charge in [-0.15, -0.1) is 0 Å². The standard InChI is InChI=1S/C13H21NO/c1-4-15-13-9-12(14(2)3)10-7-5-6-8-11(10)13/h9,11H,4-8H2,1-3H3/t11-/m1/s1. The molecule has 0 aromatic rings. The molecule has 1 atom stereocenters. The summed E-state index contributed by atoms with van der Waals surface area (Å²) < 4.78 is 5.75. The normalized spacial score (nSPS) is 25.0. The summed E-state index contributed by atoms with van der Waals surface area (Å²) in [6.07, 6.45) is 7.47. The molecule has 0 aromatic heterocycles. The summed E-state index contributed by atoms with van der Waals surface area (Å²) in [6.45, 7) is 2.85. The molecule has 0 radical (unpaired) electrons. The topological polar surface area (TPSA) is 12.5 Å². The van der Waals surface area contributed by atoms with Gasteiger partial charge in [-0.1, -0.05) is 6.42 Å². The summed E-state index contributed by atoms with van der Waals surface area (Å²) in [4.78, 5) is 2.22. The molecule has 0 amide bonds. The van der Waals surface area contributed by atoms with Gasteiger partial charge in [0.1, 0.15) is 5.76 Å². The van der Waals surface area contributed by atoms with Crippen molar-refractivity contribution in [1.29, 1.82) is 0 Å². The van der Waals surface area contributed by atoms with E-state index in [-0.39, 0.29) is 0 Å². The fourth-order valence-electron chi connectivity index (χ4n) is 2.69. The Hall–Kier alpha value is -0.920. The molecule has 0 aliphatic heterocycles. The lowest BCUT2D eigenvalue weighted by atomic mass is 9.85. The van der Waals surface area contributed by atoms with Gasteiger partial charge in [-0.05, 0) is 37.8 Å². The number of ether oxygens (including phenoxy) is 1. The number of hydrogen-bond acceptors (Lipinski definition) is 2. The van der Waals surface area contributed by atoms with E-state index in [9.17, 15) is 0 Å². The number of hydrogen-bond donors (Lipinski definition) is 0. The van der Waals surface area contributed by atoms with Gasteiger partial charge < -0.3 is 9.64 Å². The average molecular weight is 207 g/mol. The van der Waals surface area contributed by atoms with Gasteiger partial charge in [0.15, 0.2) is 0 Å². The van der Waals surface area contributed by atoms with Gasteiger partial charge in [-0.3, -0.25) is 0 Å². The summed E-state index contributed by atoms with van der Waals surface area (Å²) in [6, 6.07) is 0. The van der Waals surface area contributed by atoms with Crippen molar-refractivity contribution in [2.75, 3.05) is 20.7 Å². The van der Waals surface area contributed by atoms with Crippen LogP contribution in [0.5, 0.6) is 0 Å². The quantitative estimate of drug-likeness (QED) is 0.705. The summed E-state index contributed by atoms with van der Waals surface area (Å²) >= 11 is 0. The molecule has 2 aliphatic carbocycles. The van der Waals surface area contributed by atoms with Crippen LogP contribution < -0.4 is 0 Å². The fraction of sp³-hybridized carbons (Fsp3) is 0.692. The molecule has 1 fully saturated rings. The van der Waals surface area contributed by atoms with Crippen molar-refractivity contribution in [2.24, 2.45) is 5.92 Å². The second-order valence-electron chi connectivity index (χ2n) is 4.58.